The van der Waals surface area contributed by atoms with Gasteiger partial charge in [0.2, 0.25) is 5.91 Å². The van der Waals surface area contributed by atoms with Crippen LogP contribution >= 0.6 is 0 Å². The number of carbonyl (C=O) groups is 3. The third-order valence-electron chi connectivity index (χ3n) is 7.82. The minimum absolute atomic E-state index is 0.0722. The summed E-state index contributed by atoms with van der Waals surface area (Å²) in [5, 5.41) is 12.5. The first-order valence-electron chi connectivity index (χ1n) is 12.3. The third-order valence-corrected chi connectivity index (χ3v) is 7.82. The molecule has 2 N–H and O–H groups in total. The second-order valence-corrected chi connectivity index (χ2v) is 10.3. The van der Waals surface area contributed by atoms with E-state index in [2.05, 4.69) is 29.6 Å². The number of hydrogen-bond acceptors (Lipinski definition) is 4. The molecule has 0 spiro atoms. The molecule has 2 aromatic rings. The van der Waals surface area contributed by atoms with Crippen molar-refractivity contribution in [1.82, 2.24) is 10.2 Å². The van der Waals surface area contributed by atoms with Gasteiger partial charge in [-0.2, -0.15) is 0 Å². The number of aliphatic carboxylic acids is 1. The van der Waals surface area contributed by atoms with Gasteiger partial charge >= 0.3 is 12.1 Å². The molecule has 3 atom stereocenters. The maximum Gasteiger partial charge on any atom is 0.408 e. The molecule has 0 radical (unpaired) electrons. The molecule has 2 aliphatic rings. The Morgan fingerprint density at radius 2 is 1.69 bits per heavy atom. The average molecular weight is 479 g/mol. The summed E-state index contributed by atoms with van der Waals surface area (Å²) in [7, 11) is 0. The van der Waals surface area contributed by atoms with E-state index in [1.54, 1.807) is 18.7 Å². The SMILES string of the molecule is CCCC(C)(NC(=O)OCC1c2ccccc2-c2ccccc21)C(=O)N1C[C@@H](C)[C@](C)(C(=O)O)C1. The van der Waals surface area contributed by atoms with Gasteiger partial charge < -0.3 is 20.1 Å². The molecule has 4 rings (SSSR count). The number of carbonyl (C=O) groups excluding carboxylic acids is 2. The van der Waals surface area contributed by atoms with E-state index in [-0.39, 0.29) is 30.9 Å². The van der Waals surface area contributed by atoms with E-state index >= 15 is 0 Å². The standard InChI is InChI=1S/C28H34N2O5/c1-5-14-28(4,24(31)30-15-18(2)27(3,17-30)25(32)33)29-26(34)35-16-23-21-12-8-6-10-19(21)20-11-7-9-13-22(20)23/h6-13,18,23H,5,14-17H2,1-4H3,(H,29,34)(H,32,33)/t18-,27-,28?/m1/s1. The minimum atomic E-state index is -1.18. The maximum atomic E-state index is 13.5. The van der Waals surface area contributed by atoms with Crippen LogP contribution in [0.5, 0.6) is 0 Å². The highest BCUT2D eigenvalue weighted by atomic mass is 16.5. The van der Waals surface area contributed by atoms with Crippen molar-refractivity contribution in [1.29, 1.82) is 0 Å². The molecule has 0 aromatic heterocycles. The van der Waals surface area contributed by atoms with Crippen LogP contribution in [0, 0.1) is 11.3 Å². The summed E-state index contributed by atoms with van der Waals surface area (Å²) in [5.74, 6) is -1.45. The summed E-state index contributed by atoms with van der Waals surface area (Å²) >= 11 is 0. The minimum Gasteiger partial charge on any atom is -0.481 e. The Morgan fingerprint density at radius 3 is 2.20 bits per heavy atom. The quantitative estimate of drug-likeness (QED) is 0.604. The molecular weight excluding hydrogens is 444 g/mol. The number of carboxylic acid groups (broad SMARTS) is 1. The van der Waals surface area contributed by atoms with E-state index in [4.69, 9.17) is 4.74 Å². The predicted molar refractivity (Wildman–Crippen MR) is 133 cm³/mol. The lowest BCUT2D eigenvalue weighted by atomic mass is 9.81. The number of alkyl carbamates (subject to hydrolysis) is 1. The molecule has 7 nitrogen and oxygen atoms in total. The van der Waals surface area contributed by atoms with Crippen LogP contribution in [0.3, 0.4) is 0 Å². The second kappa shape index (κ2) is 9.36. The zero-order valence-electron chi connectivity index (χ0n) is 20.8. The predicted octanol–water partition coefficient (Wildman–Crippen LogP) is 4.65. The van der Waals surface area contributed by atoms with E-state index < -0.39 is 23.0 Å². The van der Waals surface area contributed by atoms with Gasteiger partial charge in [0.1, 0.15) is 12.1 Å². The zero-order chi connectivity index (χ0) is 25.4. The lowest BCUT2D eigenvalue weighted by Gasteiger charge is -2.33. The summed E-state index contributed by atoms with van der Waals surface area (Å²) in [4.78, 5) is 39.8. The van der Waals surface area contributed by atoms with Gasteiger partial charge in [0.25, 0.3) is 0 Å². The number of nitrogens with one attached hydrogen (secondary N) is 1. The number of benzene rings is 2. The molecule has 0 saturated carbocycles. The van der Waals surface area contributed by atoms with Crippen molar-refractivity contribution in [3.63, 3.8) is 0 Å². The van der Waals surface area contributed by atoms with Crippen molar-refractivity contribution >= 4 is 18.0 Å². The van der Waals surface area contributed by atoms with Gasteiger partial charge in [-0.25, -0.2) is 4.79 Å². The Bertz CT molecular complexity index is 1100. The van der Waals surface area contributed by atoms with Crippen molar-refractivity contribution in [2.75, 3.05) is 19.7 Å². The number of fused-ring (bicyclic) bond motifs is 3. The first kappa shape index (κ1) is 24.8. The van der Waals surface area contributed by atoms with Crippen LogP contribution in [-0.4, -0.2) is 53.2 Å². The number of ether oxygens (including phenoxy) is 1. The van der Waals surface area contributed by atoms with Gasteiger partial charge in [-0.1, -0.05) is 68.8 Å². The zero-order valence-corrected chi connectivity index (χ0v) is 20.8. The number of nitrogens with zero attached hydrogens (tertiary/aromatic N) is 1. The van der Waals surface area contributed by atoms with Crippen molar-refractivity contribution in [2.45, 2.75) is 52.0 Å². The molecule has 1 aliphatic heterocycles. The summed E-state index contributed by atoms with van der Waals surface area (Å²) < 4.78 is 5.68. The molecule has 1 saturated heterocycles. The van der Waals surface area contributed by atoms with Crippen LogP contribution < -0.4 is 5.32 Å². The van der Waals surface area contributed by atoms with Crippen molar-refractivity contribution in [3.8, 4) is 11.1 Å². The Hall–Kier alpha value is -3.35. The normalized spacial score (nSPS) is 22.7. The number of amides is 2. The van der Waals surface area contributed by atoms with E-state index in [0.29, 0.717) is 19.4 Å². The molecule has 35 heavy (non-hydrogen) atoms. The lowest BCUT2D eigenvalue weighted by molar-refractivity contribution is -0.149. The molecule has 2 aromatic carbocycles. The first-order valence-corrected chi connectivity index (χ1v) is 12.3. The molecule has 1 fully saturated rings. The molecule has 0 bridgehead atoms. The van der Waals surface area contributed by atoms with E-state index in [0.717, 1.165) is 22.3 Å². The Labute approximate surface area is 206 Å². The Morgan fingerprint density at radius 1 is 1.11 bits per heavy atom. The van der Waals surface area contributed by atoms with E-state index in [1.807, 2.05) is 38.1 Å². The van der Waals surface area contributed by atoms with Gasteiger partial charge in [0.05, 0.1) is 5.41 Å². The van der Waals surface area contributed by atoms with Crippen molar-refractivity contribution < 1.29 is 24.2 Å². The van der Waals surface area contributed by atoms with E-state index in [9.17, 15) is 19.5 Å². The van der Waals surface area contributed by atoms with E-state index in [1.165, 1.54) is 0 Å². The molecule has 1 aliphatic carbocycles. The fraction of sp³-hybridized carbons (Fsp3) is 0.464. The van der Waals surface area contributed by atoms with Gasteiger partial charge in [0, 0.05) is 19.0 Å². The topological polar surface area (TPSA) is 95.9 Å². The monoisotopic (exact) mass is 478 g/mol. The van der Waals surface area contributed by atoms with Gasteiger partial charge in [0.15, 0.2) is 0 Å². The highest BCUT2D eigenvalue weighted by Gasteiger charge is 2.50. The summed E-state index contributed by atoms with van der Waals surface area (Å²) in [6.45, 7) is 7.77. The molecule has 1 heterocycles. The molecule has 1 unspecified atom stereocenters. The van der Waals surface area contributed by atoms with Crippen LogP contribution in [0.15, 0.2) is 48.5 Å². The molecule has 2 amide bonds. The highest BCUT2D eigenvalue weighted by molar-refractivity contribution is 5.91. The van der Waals surface area contributed by atoms with Gasteiger partial charge in [-0.15, -0.1) is 0 Å². The fourth-order valence-electron chi connectivity index (χ4n) is 5.51. The molecule has 7 heteroatoms. The fourth-order valence-corrected chi connectivity index (χ4v) is 5.51. The summed E-state index contributed by atoms with van der Waals surface area (Å²) in [6, 6.07) is 16.2. The van der Waals surface area contributed by atoms with Crippen LogP contribution in [0.25, 0.3) is 11.1 Å². The Balaban J connectivity index is 1.46. The number of likely N-dealkylation sites (tertiary alicyclic amines) is 1. The summed E-state index contributed by atoms with van der Waals surface area (Å²) in [6.07, 6.45) is 0.445. The molecular formula is C28H34N2O5. The smallest absolute Gasteiger partial charge is 0.408 e. The Kier molecular flexibility index (Phi) is 6.62. The van der Waals surface area contributed by atoms with Crippen LogP contribution in [0.4, 0.5) is 4.79 Å². The van der Waals surface area contributed by atoms with Crippen LogP contribution in [0.2, 0.25) is 0 Å². The first-order chi connectivity index (χ1) is 16.6. The number of carboxylic acids is 1. The second-order valence-electron chi connectivity index (χ2n) is 10.3. The third kappa shape index (κ3) is 4.40. The lowest BCUT2D eigenvalue weighted by Crippen LogP contribution is -2.58. The number of rotatable bonds is 7. The maximum absolute atomic E-state index is 13.5. The highest BCUT2D eigenvalue weighted by Crippen LogP contribution is 2.44. The average Bonchev–Trinajstić information content (AvgIpc) is 3.32. The van der Waals surface area contributed by atoms with Crippen molar-refractivity contribution in [2.24, 2.45) is 11.3 Å². The van der Waals surface area contributed by atoms with Crippen LogP contribution in [0.1, 0.15) is 57.6 Å². The van der Waals surface area contributed by atoms with Crippen LogP contribution in [-0.2, 0) is 14.3 Å². The molecule has 186 valence electrons. The van der Waals surface area contributed by atoms with Gasteiger partial charge in [-0.05, 0) is 48.4 Å². The largest absolute Gasteiger partial charge is 0.481 e. The number of hydrogen-bond donors (Lipinski definition) is 2. The van der Waals surface area contributed by atoms with Gasteiger partial charge in [-0.3, -0.25) is 9.59 Å². The van der Waals surface area contributed by atoms with Crippen molar-refractivity contribution in [3.05, 3.63) is 59.7 Å². The summed E-state index contributed by atoms with van der Waals surface area (Å²) in [5.41, 5.74) is 2.34.